The molecule has 1 rings (SSSR count). The molecule has 0 spiro atoms. The van der Waals surface area contributed by atoms with Gasteiger partial charge in [-0.1, -0.05) is 26.8 Å². The fourth-order valence-corrected chi connectivity index (χ4v) is 1.33. The zero-order valence-corrected chi connectivity index (χ0v) is 9.62. The van der Waals surface area contributed by atoms with Crippen molar-refractivity contribution in [3.05, 3.63) is 29.6 Å². The molecule has 2 heteroatoms. The van der Waals surface area contributed by atoms with Gasteiger partial charge in [0.2, 0.25) is 0 Å². The van der Waals surface area contributed by atoms with Gasteiger partial charge in [0, 0.05) is 18.9 Å². The van der Waals surface area contributed by atoms with Gasteiger partial charge in [0.25, 0.3) is 0 Å². The van der Waals surface area contributed by atoms with Gasteiger partial charge in [-0.25, -0.2) is 0 Å². The minimum absolute atomic E-state index is 0.564. The molecule has 0 aromatic carbocycles. The van der Waals surface area contributed by atoms with Crippen LogP contribution in [0.25, 0.3) is 0 Å². The number of nitrogens with zero attached hydrogens (tertiary/aromatic N) is 2. The van der Waals surface area contributed by atoms with Gasteiger partial charge >= 0.3 is 0 Å². The maximum absolute atomic E-state index is 4.27. The van der Waals surface area contributed by atoms with E-state index in [1.807, 2.05) is 12.4 Å². The van der Waals surface area contributed by atoms with Crippen LogP contribution in [0.5, 0.6) is 0 Å². The average molecular weight is 192 g/mol. The molecule has 2 nitrogen and oxygen atoms in total. The summed E-state index contributed by atoms with van der Waals surface area (Å²) in [6.45, 7) is 8.63. The molecule has 1 aromatic heterocycles. The summed E-state index contributed by atoms with van der Waals surface area (Å²) >= 11 is 0. The van der Waals surface area contributed by atoms with Gasteiger partial charge in [-0.15, -0.1) is 0 Å². The molecule has 0 amide bonds. The normalized spacial score (nSPS) is 11.3. The molecule has 0 unspecified atom stereocenters. The molecule has 1 aromatic rings. The highest BCUT2D eigenvalue weighted by Crippen LogP contribution is 2.14. The summed E-state index contributed by atoms with van der Waals surface area (Å²) in [6, 6.07) is 2.25. The Balaban J connectivity index is 2.73. The first kappa shape index (κ1) is 11.2. The van der Waals surface area contributed by atoms with E-state index in [2.05, 4.69) is 43.8 Å². The molecule has 0 saturated carbocycles. The van der Waals surface area contributed by atoms with Crippen LogP contribution in [0, 0.1) is 0 Å². The van der Waals surface area contributed by atoms with E-state index < -0.39 is 0 Å². The minimum Gasteiger partial charge on any atom is -0.302 e. The lowest BCUT2D eigenvalue weighted by atomic mass is 10.0. The highest BCUT2D eigenvalue weighted by atomic mass is 15.1. The van der Waals surface area contributed by atoms with Crippen molar-refractivity contribution in [2.75, 3.05) is 13.6 Å². The van der Waals surface area contributed by atoms with Crippen molar-refractivity contribution in [1.82, 2.24) is 9.88 Å². The summed E-state index contributed by atoms with van der Waals surface area (Å²) in [6.07, 6.45) is 3.91. The summed E-state index contributed by atoms with van der Waals surface area (Å²) < 4.78 is 0. The Kier molecular flexibility index (Phi) is 4.08. The van der Waals surface area contributed by atoms with Crippen LogP contribution in [0.4, 0.5) is 0 Å². The zero-order chi connectivity index (χ0) is 10.6. The molecule has 0 aliphatic heterocycles. The van der Waals surface area contributed by atoms with Crippen LogP contribution in [-0.4, -0.2) is 23.5 Å². The van der Waals surface area contributed by atoms with Crippen molar-refractivity contribution in [3.63, 3.8) is 0 Å². The lowest BCUT2D eigenvalue weighted by Gasteiger charge is -2.14. The molecule has 0 atom stereocenters. The Labute approximate surface area is 87.0 Å². The molecule has 14 heavy (non-hydrogen) atoms. The zero-order valence-electron chi connectivity index (χ0n) is 9.62. The van der Waals surface area contributed by atoms with E-state index in [1.165, 1.54) is 11.1 Å². The average Bonchev–Trinajstić information content (AvgIpc) is 2.18. The van der Waals surface area contributed by atoms with E-state index >= 15 is 0 Å². The molecule has 0 fully saturated rings. The maximum atomic E-state index is 4.27. The van der Waals surface area contributed by atoms with E-state index in [0.29, 0.717) is 5.92 Å². The van der Waals surface area contributed by atoms with Gasteiger partial charge in [0.1, 0.15) is 0 Å². The Morgan fingerprint density at radius 3 is 2.64 bits per heavy atom. The van der Waals surface area contributed by atoms with Crippen LogP contribution in [0.1, 0.15) is 37.8 Å². The number of hydrogen-bond acceptors (Lipinski definition) is 2. The molecular formula is C12H20N2. The van der Waals surface area contributed by atoms with Crippen molar-refractivity contribution in [1.29, 1.82) is 0 Å². The van der Waals surface area contributed by atoms with Crippen LogP contribution >= 0.6 is 0 Å². The predicted octanol–water partition coefficient (Wildman–Crippen LogP) is 2.66. The third kappa shape index (κ3) is 3.11. The standard InChI is InChI=1S/C12H20N2/c1-5-14(4)9-11-6-12(10(2)3)8-13-7-11/h6-8,10H,5,9H2,1-4H3. The molecule has 0 saturated heterocycles. The summed E-state index contributed by atoms with van der Waals surface area (Å²) in [4.78, 5) is 6.55. The summed E-state index contributed by atoms with van der Waals surface area (Å²) in [5.74, 6) is 0.564. The Morgan fingerprint density at radius 1 is 1.36 bits per heavy atom. The molecule has 1 heterocycles. The van der Waals surface area contributed by atoms with Crippen LogP contribution in [0.3, 0.4) is 0 Å². The second-order valence-electron chi connectivity index (χ2n) is 4.11. The van der Waals surface area contributed by atoms with E-state index in [9.17, 15) is 0 Å². The smallest absolute Gasteiger partial charge is 0.0313 e. The van der Waals surface area contributed by atoms with Crippen LogP contribution in [-0.2, 0) is 6.54 Å². The maximum Gasteiger partial charge on any atom is 0.0313 e. The fourth-order valence-electron chi connectivity index (χ4n) is 1.33. The lowest BCUT2D eigenvalue weighted by molar-refractivity contribution is 0.345. The number of hydrogen-bond donors (Lipinski definition) is 0. The predicted molar refractivity (Wildman–Crippen MR) is 60.3 cm³/mol. The van der Waals surface area contributed by atoms with E-state index in [-0.39, 0.29) is 0 Å². The largest absolute Gasteiger partial charge is 0.302 e. The van der Waals surface area contributed by atoms with Gasteiger partial charge < -0.3 is 4.90 Å². The van der Waals surface area contributed by atoms with Gasteiger partial charge in [0.15, 0.2) is 0 Å². The third-order valence-corrected chi connectivity index (χ3v) is 2.48. The van der Waals surface area contributed by atoms with Gasteiger partial charge in [-0.05, 0) is 30.6 Å². The third-order valence-electron chi connectivity index (χ3n) is 2.48. The van der Waals surface area contributed by atoms with Crippen LogP contribution in [0.15, 0.2) is 18.5 Å². The van der Waals surface area contributed by atoms with Gasteiger partial charge in [0.05, 0.1) is 0 Å². The summed E-state index contributed by atoms with van der Waals surface area (Å²) in [7, 11) is 2.13. The van der Waals surface area contributed by atoms with Crippen LogP contribution in [0.2, 0.25) is 0 Å². The Bertz CT molecular complexity index is 281. The molecule has 0 N–H and O–H groups in total. The molecule has 0 bridgehead atoms. The van der Waals surface area contributed by atoms with Crippen molar-refractivity contribution >= 4 is 0 Å². The number of pyridine rings is 1. The van der Waals surface area contributed by atoms with E-state index in [1.54, 1.807) is 0 Å². The fraction of sp³-hybridized carbons (Fsp3) is 0.583. The molecule has 0 aliphatic carbocycles. The first-order chi connectivity index (χ1) is 6.63. The highest BCUT2D eigenvalue weighted by molar-refractivity contribution is 5.20. The SMILES string of the molecule is CCN(C)Cc1cncc(C(C)C)c1. The molecular weight excluding hydrogens is 172 g/mol. The van der Waals surface area contributed by atoms with Crippen molar-refractivity contribution < 1.29 is 0 Å². The number of rotatable bonds is 4. The van der Waals surface area contributed by atoms with Crippen molar-refractivity contribution in [3.8, 4) is 0 Å². The Morgan fingerprint density at radius 2 is 2.07 bits per heavy atom. The second kappa shape index (κ2) is 5.11. The molecule has 0 aliphatic rings. The second-order valence-corrected chi connectivity index (χ2v) is 4.11. The summed E-state index contributed by atoms with van der Waals surface area (Å²) in [5.41, 5.74) is 2.63. The van der Waals surface area contributed by atoms with Crippen molar-refractivity contribution in [2.24, 2.45) is 0 Å². The lowest BCUT2D eigenvalue weighted by Crippen LogP contribution is -2.16. The quantitative estimate of drug-likeness (QED) is 0.729. The first-order valence-corrected chi connectivity index (χ1v) is 5.25. The molecule has 78 valence electrons. The van der Waals surface area contributed by atoms with Gasteiger partial charge in [-0.2, -0.15) is 0 Å². The minimum atomic E-state index is 0.564. The first-order valence-electron chi connectivity index (χ1n) is 5.25. The van der Waals surface area contributed by atoms with Crippen molar-refractivity contribution in [2.45, 2.75) is 33.2 Å². The topological polar surface area (TPSA) is 16.1 Å². The Hall–Kier alpha value is -0.890. The highest BCUT2D eigenvalue weighted by Gasteiger charge is 2.02. The van der Waals surface area contributed by atoms with Gasteiger partial charge in [-0.3, -0.25) is 4.98 Å². The van der Waals surface area contributed by atoms with E-state index in [0.717, 1.165) is 13.1 Å². The van der Waals surface area contributed by atoms with E-state index in [4.69, 9.17) is 0 Å². The summed E-state index contributed by atoms with van der Waals surface area (Å²) in [5, 5.41) is 0. The monoisotopic (exact) mass is 192 g/mol. The molecule has 0 radical (unpaired) electrons. The van der Waals surface area contributed by atoms with Crippen LogP contribution < -0.4 is 0 Å². The number of aromatic nitrogens is 1.